The molecule has 3 N–H and O–H groups in total. The number of fused-ring (bicyclic) bond motifs is 1. The lowest BCUT2D eigenvalue weighted by Gasteiger charge is -2.10. The van der Waals surface area contributed by atoms with E-state index in [4.69, 9.17) is 17.3 Å². The van der Waals surface area contributed by atoms with E-state index in [2.05, 4.69) is 5.32 Å². The van der Waals surface area contributed by atoms with Crippen molar-refractivity contribution in [3.63, 3.8) is 0 Å². The van der Waals surface area contributed by atoms with E-state index >= 15 is 0 Å². The molecule has 1 atom stereocenters. The molecule has 1 aromatic heterocycles. The molecular formula is C13H15ClN2OS. The first-order valence-electron chi connectivity index (χ1n) is 5.82. The van der Waals surface area contributed by atoms with Gasteiger partial charge < -0.3 is 11.1 Å². The number of benzene rings is 1. The van der Waals surface area contributed by atoms with Gasteiger partial charge in [-0.05, 0) is 25.5 Å². The smallest absolute Gasteiger partial charge is 0.263 e. The topological polar surface area (TPSA) is 55.1 Å². The highest BCUT2D eigenvalue weighted by Gasteiger charge is 2.18. The Morgan fingerprint density at radius 3 is 2.89 bits per heavy atom. The molecule has 0 aliphatic rings. The third-order valence-electron chi connectivity index (χ3n) is 2.90. The normalized spacial score (nSPS) is 12.6. The Bertz CT molecular complexity index is 594. The van der Waals surface area contributed by atoms with Crippen LogP contribution in [-0.2, 0) is 0 Å². The first-order valence-corrected chi connectivity index (χ1v) is 7.01. The minimum absolute atomic E-state index is 0.126. The predicted octanol–water partition coefficient (Wildman–Crippen LogP) is 3.67. The number of nitrogens with two attached hydrogens (primary N) is 1. The second kappa shape index (κ2) is 5.16. The predicted molar refractivity (Wildman–Crippen MR) is 78.5 cm³/mol. The summed E-state index contributed by atoms with van der Waals surface area (Å²) in [5.41, 5.74) is 6.50. The zero-order valence-corrected chi connectivity index (χ0v) is 11.9. The monoisotopic (exact) mass is 282 g/mol. The van der Waals surface area contributed by atoms with Crippen molar-refractivity contribution in [2.45, 2.75) is 26.3 Å². The number of amides is 1. The van der Waals surface area contributed by atoms with E-state index in [-0.39, 0.29) is 11.9 Å². The Balaban J connectivity index is 2.43. The number of rotatable bonds is 3. The van der Waals surface area contributed by atoms with Crippen molar-refractivity contribution >= 4 is 44.6 Å². The lowest BCUT2D eigenvalue weighted by atomic mass is 10.2. The molecule has 0 fully saturated rings. The summed E-state index contributed by atoms with van der Waals surface area (Å²) in [6, 6.07) is 5.69. The second-order valence-electron chi connectivity index (χ2n) is 4.24. The molecular weight excluding hydrogens is 268 g/mol. The highest BCUT2D eigenvalue weighted by Crippen LogP contribution is 2.37. The third kappa shape index (κ3) is 2.31. The molecule has 1 aromatic carbocycles. The number of thiophene rings is 1. The Morgan fingerprint density at radius 2 is 2.28 bits per heavy atom. The Hall–Kier alpha value is -1.26. The van der Waals surface area contributed by atoms with Gasteiger partial charge in [0.1, 0.15) is 4.88 Å². The first kappa shape index (κ1) is 13.2. The molecule has 0 bridgehead atoms. The van der Waals surface area contributed by atoms with Crippen LogP contribution < -0.4 is 11.1 Å². The molecule has 0 aliphatic heterocycles. The largest absolute Gasteiger partial charge is 0.397 e. The van der Waals surface area contributed by atoms with E-state index in [9.17, 15) is 4.79 Å². The molecule has 1 heterocycles. The van der Waals surface area contributed by atoms with Crippen LogP contribution in [0.2, 0.25) is 5.02 Å². The first-order chi connectivity index (χ1) is 8.54. The summed E-state index contributed by atoms with van der Waals surface area (Å²) in [7, 11) is 0. The van der Waals surface area contributed by atoms with Gasteiger partial charge in [0.15, 0.2) is 0 Å². The van der Waals surface area contributed by atoms with Gasteiger partial charge in [0.2, 0.25) is 0 Å². The molecule has 18 heavy (non-hydrogen) atoms. The van der Waals surface area contributed by atoms with Crippen molar-refractivity contribution in [2.75, 3.05) is 5.73 Å². The van der Waals surface area contributed by atoms with Gasteiger partial charge in [-0.2, -0.15) is 0 Å². The molecule has 0 saturated heterocycles. The Labute approximate surface area is 115 Å². The fourth-order valence-corrected chi connectivity index (χ4v) is 3.07. The van der Waals surface area contributed by atoms with Crippen LogP contribution >= 0.6 is 22.9 Å². The molecule has 1 unspecified atom stereocenters. The summed E-state index contributed by atoms with van der Waals surface area (Å²) in [4.78, 5) is 12.6. The van der Waals surface area contributed by atoms with Crippen LogP contribution in [0.3, 0.4) is 0 Å². The zero-order chi connectivity index (χ0) is 13.3. The molecule has 0 aliphatic carbocycles. The van der Waals surface area contributed by atoms with E-state index < -0.39 is 0 Å². The van der Waals surface area contributed by atoms with Gasteiger partial charge in [0, 0.05) is 16.1 Å². The quantitative estimate of drug-likeness (QED) is 0.902. The minimum atomic E-state index is -0.126. The van der Waals surface area contributed by atoms with E-state index in [1.807, 2.05) is 26.0 Å². The van der Waals surface area contributed by atoms with Gasteiger partial charge in [0.05, 0.1) is 10.7 Å². The molecule has 5 heteroatoms. The molecule has 0 radical (unpaired) electrons. The minimum Gasteiger partial charge on any atom is -0.397 e. The van der Waals surface area contributed by atoms with E-state index in [0.29, 0.717) is 15.6 Å². The lowest BCUT2D eigenvalue weighted by Crippen LogP contribution is -2.31. The molecule has 3 nitrogen and oxygen atoms in total. The fraction of sp³-hybridized carbons (Fsp3) is 0.308. The van der Waals surface area contributed by atoms with Crippen LogP contribution in [0, 0.1) is 0 Å². The average molecular weight is 283 g/mol. The molecule has 0 spiro atoms. The molecule has 1 amide bonds. The second-order valence-corrected chi connectivity index (χ2v) is 5.70. The van der Waals surface area contributed by atoms with E-state index in [1.165, 1.54) is 11.3 Å². The SMILES string of the molecule is CCC(C)NC(=O)c1sc2cccc(Cl)c2c1N. The van der Waals surface area contributed by atoms with Crippen LogP contribution in [-0.4, -0.2) is 11.9 Å². The maximum Gasteiger partial charge on any atom is 0.263 e. The molecule has 2 aromatic rings. The number of anilines is 1. The van der Waals surface area contributed by atoms with Gasteiger partial charge in [-0.1, -0.05) is 24.6 Å². The summed E-state index contributed by atoms with van der Waals surface area (Å²) in [6.45, 7) is 3.99. The standard InChI is InChI=1S/C13H15ClN2OS/c1-3-7(2)16-13(17)12-11(15)10-8(14)5-4-6-9(10)18-12/h4-7H,3,15H2,1-2H3,(H,16,17). The number of hydrogen-bond acceptors (Lipinski definition) is 3. The van der Waals surface area contributed by atoms with Crippen molar-refractivity contribution in [3.05, 3.63) is 28.1 Å². The van der Waals surface area contributed by atoms with Gasteiger partial charge in [-0.3, -0.25) is 4.79 Å². The lowest BCUT2D eigenvalue weighted by molar-refractivity contribution is 0.0944. The summed E-state index contributed by atoms with van der Waals surface area (Å²) >= 11 is 7.49. The molecule has 2 rings (SSSR count). The molecule has 0 saturated carbocycles. The Kier molecular flexibility index (Phi) is 3.78. The fourth-order valence-electron chi connectivity index (χ4n) is 1.69. The van der Waals surface area contributed by atoms with Crippen molar-refractivity contribution in [3.8, 4) is 0 Å². The van der Waals surface area contributed by atoms with Gasteiger partial charge in [-0.25, -0.2) is 0 Å². The summed E-state index contributed by atoms with van der Waals surface area (Å²) in [6.07, 6.45) is 0.886. The zero-order valence-electron chi connectivity index (χ0n) is 10.3. The summed E-state index contributed by atoms with van der Waals surface area (Å²) < 4.78 is 0.939. The van der Waals surface area contributed by atoms with Crippen molar-refractivity contribution in [1.82, 2.24) is 5.32 Å². The number of carbonyl (C=O) groups excluding carboxylic acids is 1. The molecule has 96 valence electrons. The van der Waals surface area contributed by atoms with Gasteiger partial charge in [-0.15, -0.1) is 11.3 Å². The number of nitrogen functional groups attached to an aromatic ring is 1. The van der Waals surface area contributed by atoms with Crippen molar-refractivity contribution in [1.29, 1.82) is 0 Å². The Morgan fingerprint density at radius 1 is 1.56 bits per heavy atom. The van der Waals surface area contributed by atoms with Crippen LogP contribution in [0.25, 0.3) is 10.1 Å². The van der Waals surface area contributed by atoms with Crippen LogP contribution in [0.15, 0.2) is 18.2 Å². The summed E-state index contributed by atoms with van der Waals surface area (Å²) in [5, 5.41) is 4.28. The van der Waals surface area contributed by atoms with E-state index in [1.54, 1.807) is 6.07 Å². The van der Waals surface area contributed by atoms with Crippen molar-refractivity contribution in [2.24, 2.45) is 0 Å². The van der Waals surface area contributed by atoms with Gasteiger partial charge >= 0.3 is 0 Å². The average Bonchev–Trinajstić information content (AvgIpc) is 2.68. The number of hydrogen-bond donors (Lipinski definition) is 2. The highest BCUT2D eigenvalue weighted by atomic mass is 35.5. The van der Waals surface area contributed by atoms with Crippen LogP contribution in [0.1, 0.15) is 29.9 Å². The van der Waals surface area contributed by atoms with Crippen LogP contribution in [0.4, 0.5) is 5.69 Å². The summed E-state index contributed by atoms with van der Waals surface area (Å²) in [5.74, 6) is -0.126. The maximum atomic E-state index is 12.1. The highest BCUT2D eigenvalue weighted by molar-refractivity contribution is 7.21. The maximum absolute atomic E-state index is 12.1. The number of halogens is 1. The number of carbonyl (C=O) groups is 1. The van der Waals surface area contributed by atoms with Crippen LogP contribution in [0.5, 0.6) is 0 Å². The number of nitrogens with one attached hydrogen (secondary N) is 1. The van der Waals surface area contributed by atoms with E-state index in [0.717, 1.165) is 16.5 Å². The third-order valence-corrected chi connectivity index (χ3v) is 4.38. The van der Waals surface area contributed by atoms with Gasteiger partial charge in [0.25, 0.3) is 5.91 Å². The van der Waals surface area contributed by atoms with Crippen molar-refractivity contribution < 1.29 is 4.79 Å².